The van der Waals surface area contributed by atoms with Crippen LogP contribution >= 0.6 is 0 Å². The summed E-state index contributed by atoms with van der Waals surface area (Å²) in [7, 11) is 0. The maximum absolute atomic E-state index is 11.7. The molecule has 2 rings (SSSR count). The van der Waals surface area contributed by atoms with Crippen molar-refractivity contribution in [2.75, 3.05) is 12.3 Å². The molecule has 0 atom stereocenters. The monoisotopic (exact) mass is 245 g/mol. The van der Waals surface area contributed by atoms with Gasteiger partial charge in [-0.05, 0) is 24.6 Å². The van der Waals surface area contributed by atoms with Gasteiger partial charge in [-0.15, -0.1) is 0 Å². The second-order valence-corrected chi connectivity index (χ2v) is 3.85. The number of nitrogens with two attached hydrogens (primary N) is 1. The molecule has 4 heteroatoms. The standard InChI is InChI=1S/C14H15NO3/c1-2-17-14(16)11-7-8-18-13(11)9-10-5-3-4-6-12(10)15/h3-8H,2,9,15H2,1H3. The Kier molecular flexibility index (Phi) is 3.67. The molecule has 0 aliphatic heterocycles. The molecule has 18 heavy (non-hydrogen) atoms. The first-order valence-corrected chi connectivity index (χ1v) is 5.79. The zero-order valence-electron chi connectivity index (χ0n) is 10.2. The van der Waals surface area contributed by atoms with Crippen molar-refractivity contribution in [1.29, 1.82) is 0 Å². The second kappa shape index (κ2) is 5.40. The summed E-state index contributed by atoms with van der Waals surface area (Å²) in [5.74, 6) is 0.210. The van der Waals surface area contributed by atoms with Crippen molar-refractivity contribution in [1.82, 2.24) is 0 Å². The minimum absolute atomic E-state index is 0.344. The van der Waals surface area contributed by atoms with E-state index in [9.17, 15) is 4.79 Å². The number of carbonyl (C=O) groups is 1. The molecular weight excluding hydrogens is 230 g/mol. The predicted molar refractivity (Wildman–Crippen MR) is 68.3 cm³/mol. The Morgan fingerprint density at radius 1 is 1.33 bits per heavy atom. The van der Waals surface area contributed by atoms with Crippen LogP contribution in [0, 0.1) is 0 Å². The van der Waals surface area contributed by atoms with Gasteiger partial charge < -0.3 is 14.9 Å². The average Bonchev–Trinajstić information content (AvgIpc) is 2.81. The Labute approximate surface area is 105 Å². The fourth-order valence-electron chi connectivity index (χ4n) is 1.74. The molecule has 4 nitrogen and oxygen atoms in total. The summed E-state index contributed by atoms with van der Waals surface area (Å²) in [5, 5.41) is 0. The Hall–Kier alpha value is -2.23. The van der Waals surface area contributed by atoms with Crippen LogP contribution in [0.25, 0.3) is 0 Å². The Morgan fingerprint density at radius 2 is 2.11 bits per heavy atom. The van der Waals surface area contributed by atoms with Gasteiger partial charge in [-0.3, -0.25) is 0 Å². The maximum Gasteiger partial charge on any atom is 0.341 e. The van der Waals surface area contributed by atoms with Crippen molar-refractivity contribution in [2.24, 2.45) is 0 Å². The van der Waals surface area contributed by atoms with E-state index in [2.05, 4.69) is 0 Å². The largest absolute Gasteiger partial charge is 0.468 e. The van der Waals surface area contributed by atoms with Crippen molar-refractivity contribution >= 4 is 11.7 Å². The van der Waals surface area contributed by atoms with Crippen LogP contribution in [0.4, 0.5) is 5.69 Å². The smallest absolute Gasteiger partial charge is 0.341 e. The summed E-state index contributed by atoms with van der Waals surface area (Å²) < 4.78 is 10.3. The van der Waals surface area contributed by atoms with Gasteiger partial charge in [0, 0.05) is 12.1 Å². The Balaban J connectivity index is 2.23. The van der Waals surface area contributed by atoms with E-state index in [0.717, 1.165) is 5.56 Å². The molecule has 0 saturated heterocycles. The molecule has 1 aromatic heterocycles. The van der Waals surface area contributed by atoms with E-state index >= 15 is 0 Å². The van der Waals surface area contributed by atoms with E-state index in [4.69, 9.17) is 14.9 Å². The Morgan fingerprint density at radius 3 is 2.83 bits per heavy atom. The van der Waals surface area contributed by atoms with Gasteiger partial charge >= 0.3 is 5.97 Å². The molecule has 0 fully saturated rings. The average molecular weight is 245 g/mol. The normalized spacial score (nSPS) is 10.3. The van der Waals surface area contributed by atoms with Crippen molar-refractivity contribution in [3.63, 3.8) is 0 Å². The summed E-state index contributed by atoms with van der Waals surface area (Å²) in [6.45, 7) is 2.11. The topological polar surface area (TPSA) is 65.5 Å². The lowest BCUT2D eigenvalue weighted by Gasteiger charge is -2.05. The van der Waals surface area contributed by atoms with E-state index in [0.29, 0.717) is 30.0 Å². The molecule has 0 unspecified atom stereocenters. The van der Waals surface area contributed by atoms with E-state index < -0.39 is 0 Å². The fraction of sp³-hybridized carbons (Fsp3) is 0.214. The van der Waals surface area contributed by atoms with Crippen LogP contribution in [-0.4, -0.2) is 12.6 Å². The molecule has 0 aliphatic carbocycles. The third-order valence-corrected chi connectivity index (χ3v) is 2.65. The van der Waals surface area contributed by atoms with Crippen LogP contribution in [0.5, 0.6) is 0 Å². The number of esters is 1. The number of benzene rings is 1. The minimum atomic E-state index is -0.365. The van der Waals surface area contributed by atoms with Crippen molar-refractivity contribution < 1.29 is 13.9 Å². The van der Waals surface area contributed by atoms with Gasteiger partial charge in [-0.1, -0.05) is 18.2 Å². The molecule has 0 amide bonds. The molecule has 0 radical (unpaired) electrons. The second-order valence-electron chi connectivity index (χ2n) is 3.85. The van der Waals surface area contributed by atoms with Crippen LogP contribution < -0.4 is 5.73 Å². The highest BCUT2D eigenvalue weighted by molar-refractivity contribution is 5.90. The van der Waals surface area contributed by atoms with Crippen molar-refractivity contribution in [3.05, 3.63) is 53.5 Å². The number of para-hydroxylation sites is 1. The molecule has 94 valence electrons. The lowest BCUT2D eigenvalue weighted by atomic mass is 10.1. The van der Waals surface area contributed by atoms with Crippen LogP contribution in [0.2, 0.25) is 0 Å². The number of furan rings is 1. The summed E-state index contributed by atoms with van der Waals surface area (Å²) in [6, 6.07) is 9.12. The quantitative estimate of drug-likeness (QED) is 0.664. The highest BCUT2D eigenvalue weighted by Gasteiger charge is 2.16. The Bertz CT molecular complexity index is 545. The van der Waals surface area contributed by atoms with Crippen molar-refractivity contribution in [3.8, 4) is 0 Å². The zero-order valence-corrected chi connectivity index (χ0v) is 10.2. The molecular formula is C14H15NO3. The van der Waals surface area contributed by atoms with Crippen molar-refractivity contribution in [2.45, 2.75) is 13.3 Å². The number of nitrogen functional groups attached to an aromatic ring is 1. The molecule has 1 aromatic carbocycles. The molecule has 2 N–H and O–H groups in total. The van der Waals surface area contributed by atoms with E-state index in [1.54, 1.807) is 13.0 Å². The highest BCUT2D eigenvalue weighted by Crippen LogP contribution is 2.20. The third kappa shape index (κ3) is 2.53. The summed E-state index contributed by atoms with van der Waals surface area (Å²) >= 11 is 0. The van der Waals surface area contributed by atoms with E-state index in [1.165, 1.54) is 6.26 Å². The van der Waals surface area contributed by atoms with Crippen LogP contribution in [0.1, 0.15) is 28.6 Å². The SMILES string of the molecule is CCOC(=O)c1ccoc1Cc1ccccc1N. The first-order valence-electron chi connectivity index (χ1n) is 5.79. The summed E-state index contributed by atoms with van der Waals surface area (Å²) in [4.78, 5) is 11.7. The van der Waals surface area contributed by atoms with Gasteiger partial charge in [-0.25, -0.2) is 4.79 Å². The highest BCUT2D eigenvalue weighted by atomic mass is 16.5. The minimum Gasteiger partial charge on any atom is -0.468 e. The number of hydrogen-bond acceptors (Lipinski definition) is 4. The van der Waals surface area contributed by atoms with E-state index in [1.807, 2.05) is 24.3 Å². The molecule has 1 heterocycles. The molecule has 2 aromatic rings. The number of carbonyl (C=O) groups excluding carboxylic acids is 1. The number of anilines is 1. The van der Waals surface area contributed by atoms with Crippen LogP contribution in [-0.2, 0) is 11.2 Å². The fourth-order valence-corrected chi connectivity index (χ4v) is 1.74. The molecule has 0 spiro atoms. The summed E-state index contributed by atoms with van der Waals surface area (Å²) in [6.07, 6.45) is 1.97. The molecule has 0 aliphatic rings. The maximum atomic E-state index is 11.7. The van der Waals surface area contributed by atoms with Crippen LogP contribution in [0.3, 0.4) is 0 Å². The molecule has 0 saturated carbocycles. The van der Waals surface area contributed by atoms with Gasteiger partial charge in [0.05, 0.1) is 12.9 Å². The van der Waals surface area contributed by atoms with Crippen LogP contribution in [0.15, 0.2) is 41.0 Å². The number of rotatable bonds is 4. The zero-order chi connectivity index (χ0) is 13.0. The summed E-state index contributed by atoms with van der Waals surface area (Å²) in [5.41, 5.74) is 7.94. The third-order valence-electron chi connectivity index (χ3n) is 2.65. The van der Waals surface area contributed by atoms with Gasteiger partial charge in [-0.2, -0.15) is 0 Å². The number of hydrogen-bond donors (Lipinski definition) is 1. The van der Waals surface area contributed by atoms with E-state index in [-0.39, 0.29) is 5.97 Å². The first-order chi connectivity index (χ1) is 8.72. The lowest BCUT2D eigenvalue weighted by Crippen LogP contribution is -2.06. The van der Waals surface area contributed by atoms with Gasteiger partial charge in [0.2, 0.25) is 0 Å². The number of ether oxygens (including phenoxy) is 1. The molecule has 0 bridgehead atoms. The van der Waals surface area contributed by atoms with Gasteiger partial charge in [0.25, 0.3) is 0 Å². The van der Waals surface area contributed by atoms with Gasteiger partial charge in [0.1, 0.15) is 11.3 Å². The lowest BCUT2D eigenvalue weighted by molar-refractivity contribution is 0.0524. The first kappa shape index (κ1) is 12.2. The van der Waals surface area contributed by atoms with Gasteiger partial charge in [0.15, 0.2) is 0 Å². The predicted octanol–water partition coefficient (Wildman–Crippen LogP) is 2.63.